The van der Waals surface area contributed by atoms with Crippen LogP contribution in [-0.4, -0.2) is 67.8 Å². The molecule has 0 aliphatic rings. The largest absolute Gasteiger partial charge is 0.477 e. The third kappa shape index (κ3) is 7.92. The number of rotatable bonds is 9. The van der Waals surface area contributed by atoms with Crippen molar-refractivity contribution in [3.8, 4) is 0 Å². The molecule has 0 bridgehead atoms. The molecule has 0 saturated heterocycles. The number of hydrogen-bond donors (Lipinski definition) is 1. The van der Waals surface area contributed by atoms with Crippen molar-refractivity contribution in [2.75, 3.05) is 25.2 Å². The van der Waals surface area contributed by atoms with Gasteiger partial charge in [0.05, 0.1) is 19.4 Å². The van der Waals surface area contributed by atoms with Crippen LogP contribution in [-0.2, 0) is 27.7 Å². The summed E-state index contributed by atoms with van der Waals surface area (Å²) < 4.78 is 30.1. The standard InChI is InChI=1S/C8H12N4O3S.C8H13N3O4S/c1-6-10-5-7(12(13)14)11(6)4-3-9-8(16)15-2;1-3-16(14,15)5-4-10-7(2)9-6-8(10)11(12)13/h5H,3-4H2,1-2H3,(H,9,16);6H,3-5H2,1-2H3. The second-order valence-electron chi connectivity index (χ2n) is 6.25. The van der Waals surface area contributed by atoms with E-state index in [0.717, 1.165) is 6.20 Å². The summed E-state index contributed by atoms with van der Waals surface area (Å²) >= 11 is 3.92. The summed E-state index contributed by atoms with van der Waals surface area (Å²) in [4.78, 5) is 31.9. The van der Waals surface area contributed by atoms with Crippen LogP contribution >= 0.6 is 12.6 Å². The maximum Gasteiger partial charge on any atom is 0.342 e. The lowest BCUT2D eigenvalue weighted by Gasteiger charge is -2.02. The van der Waals surface area contributed by atoms with Gasteiger partial charge >= 0.3 is 11.6 Å². The van der Waals surface area contributed by atoms with Gasteiger partial charge in [-0.25, -0.2) is 32.5 Å². The van der Waals surface area contributed by atoms with E-state index in [1.807, 2.05) is 0 Å². The molecule has 14 nitrogen and oxygen atoms in total. The van der Waals surface area contributed by atoms with E-state index in [0.29, 0.717) is 24.7 Å². The quantitative estimate of drug-likeness (QED) is 0.179. The van der Waals surface area contributed by atoms with Crippen LogP contribution < -0.4 is 0 Å². The molecule has 0 saturated carbocycles. The van der Waals surface area contributed by atoms with Gasteiger partial charge in [0.25, 0.3) is 0 Å². The average Bonchev–Trinajstić information content (AvgIpc) is 3.29. The van der Waals surface area contributed by atoms with E-state index < -0.39 is 19.7 Å². The molecule has 32 heavy (non-hydrogen) atoms. The number of nitrogens with zero attached hydrogens (tertiary/aromatic N) is 7. The third-order valence-corrected chi connectivity index (χ3v) is 6.27. The molecule has 0 spiro atoms. The van der Waals surface area contributed by atoms with E-state index >= 15 is 0 Å². The van der Waals surface area contributed by atoms with Crippen LogP contribution in [0.1, 0.15) is 18.6 Å². The summed E-state index contributed by atoms with van der Waals surface area (Å²) in [5.41, 5.74) is 0. The number of thiol groups is 1. The lowest BCUT2D eigenvalue weighted by molar-refractivity contribution is -0.392. The zero-order chi connectivity index (χ0) is 24.5. The Balaban J connectivity index is 0.000000320. The smallest absolute Gasteiger partial charge is 0.342 e. The zero-order valence-corrected chi connectivity index (χ0v) is 19.7. The molecular formula is C16H25N7O7S2. The van der Waals surface area contributed by atoms with Crippen LogP contribution in [0.2, 0.25) is 0 Å². The highest BCUT2D eigenvalue weighted by atomic mass is 32.2. The number of aromatic nitrogens is 4. The van der Waals surface area contributed by atoms with Gasteiger partial charge in [0.15, 0.2) is 21.5 Å². The average molecular weight is 492 g/mol. The lowest BCUT2D eigenvalue weighted by Crippen LogP contribution is -2.16. The molecule has 178 valence electrons. The molecule has 0 unspecified atom stereocenters. The SMILES string of the molecule is CCS(=O)(=O)CCn1c([N+](=O)[O-])cnc1C.COC(S)=NCCn1c([N+](=O)[O-])cnc1C. The van der Waals surface area contributed by atoms with E-state index in [1.165, 1.54) is 22.4 Å². The maximum atomic E-state index is 11.3. The lowest BCUT2D eigenvalue weighted by atomic mass is 10.5. The molecule has 2 aromatic heterocycles. The van der Waals surface area contributed by atoms with Crippen LogP contribution in [0.5, 0.6) is 0 Å². The molecule has 0 atom stereocenters. The molecule has 16 heteroatoms. The van der Waals surface area contributed by atoms with E-state index in [2.05, 4.69) is 27.6 Å². The first-order valence-corrected chi connectivity index (χ1v) is 11.5. The number of hydrogen-bond acceptors (Lipinski definition) is 10. The number of sulfone groups is 1. The molecule has 0 aromatic carbocycles. The summed E-state index contributed by atoms with van der Waals surface area (Å²) in [5, 5.41) is 21.5. The molecule has 0 aliphatic heterocycles. The second kappa shape index (κ2) is 12.1. The van der Waals surface area contributed by atoms with Gasteiger partial charge in [0, 0.05) is 19.6 Å². The van der Waals surface area contributed by atoms with Gasteiger partial charge in [-0.3, -0.25) is 0 Å². The van der Waals surface area contributed by atoms with Crippen molar-refractivity contribution < 1.29 is 23.0 Å². The molecule has 0 aliphatic carbocycles. The van der Waals surface area contributed by atoms with Gasteiger partial charge in [0.2, 0.25) is 5.23 Å². The summed E-state index contributed by atoms with van der Waals surface area (Å²) in [6.07, 6.45) is 2.37. The van der Waals surface area contributed by atoms with Crippen molar-refractivity contribution in [3.05, 3.63) is 44.3 Å². The zero-order valence-electron chi connectivity index (χ0n) is 18.0. The summed E-state index contributed by atoms with van der Waals surface area (Å²) in [5.74, 6) is 0.739. The molecule has 2 aromatic rings. The summed E-state index contributed by atoms with van der Waals surface area (Å²) in [7, 11) is -1.67. The normalized spacial score (nSPS) is 11.6. The van der Waals surface area contributed by atoms with Gasteiger partial charge in [-0.05, 0) is 9.85 Å². The highest BCUT2D eigenvalue weighted by molar-refractivity contribution is 7.96. The predicted molar refractivity (Wildman–Crippen MR) is 120 cm³/mol. The summed E-state index contributed by atoms with van der Waals surface area (Å²) in [6, 6.07) is 0. The maximum absolute atomic E-state index is 11.3. The second-order valence-corrected chi connectivity index (χ2v) is 9.10. The van der Waals surface area contributed by atoms with Gasteiger partial charge < -0.3 is 25.0 Å². The Morgan fingerprint density at radius 3 is 1.97 bits per heavy atom. The van der Waals surface area contributed by atoms with E-state index in [4.69, 9.17) is 4.74 Å². The first kappa shape index (κ1) is 27.0. The van der Waals surface area contributed by atoms with Crippen LogP contribution in [0.25, 0.3) is 0 Å². The van der Waals surface area contributed by atoms with Crippen LogP contribution in [0.15, 0.2) is 17.4 Å². The van der Waals surface area contributed by atoms with Gasteiger partial charge in [-0.1, -0.05) is 19.6 Å². The van der Waals surface area contributed by atoms with Gasteiger partial charge in [0.1, 0.15) is 25.5 Å². The first-order valence-electron chi connectivity index (χ1n) is 9.24. The van der Waals surface area contributed by atoms with Crippen LogP contribution in [0, 0.1) is 34.1 Å². The van der Waals surface area contributed by atoms with Gasteiger partial charge in [-0.15, -0.1) is 0 Å². The first-order chi connectivity index (χ1) is 14.9. The van der Waals surface area contributed by atoms with E-state index in [-0.39, 0.29) is 34.9 Å². The fourth-order valence-corrected chi connectivity index (χ4v) is 3.29. The minimum absolute atomic E-state index is 0.0363. The Hall–Kier alpha value is -3.01. The predicted octanol–water partition coefficient (Wildman–Crippen LogP) is 1.57. The number of nitro groups is 2. The molecular weight excluding hydrogens is 466 g/mol. The van der Waals surface area contributed by atoms with Crippen molar-refractivity contribution in [3.63, 3.8) is 0 Å². The fourth-order valence-electron chi connectivity index (χ4n) is 2.44. The van der Waals surface area contributed by atoms with Crippen molar-refractivity contribution in [2.45, 2.75) is 33.9 Å². The minimum atomic E-state index is -3.13. The van der Waals surface area contributed by atoms with Gasteiger partial charge in [-0.2, -0.15) is 0 Å². The van der Waals surface area contributed by atoms with E-state index in [1.54, 1.807) is 20.8 Å². The van der Waals surface area contributed by atoms with Crippen molar-refractivity contribution in [1.82, 2.24) is 19.1 Å². The Labute approximate surface area is 190 Å². The molecule has 0 fully saturated rings. The Kier molecular flexibility index (Phi) is 10.2. The van der Waals surface area contributed by atoms with Crippen molar-refractivity contribution in [2.24, 2.45) is 4.99 Å². The summed E-state index contributed by atoms with van der Waals surface area (Å²) in [6.45, 7) is 5.64. The number of aryl methyl sites for hydroxylation is 2. The van der Waals surface area contributed by atoms with Crippen LogP contribution in [0.3, 0.4) is 0 Å². The van der Waals surface area contributed by atoms with E-state index in [9.17, 15) is 28.6 Å². The molecule has 0 radical (unpaired) electrons. The minimum Gasteiger partial charge on any atom is -0.477 e. The third-order valence-electron chi connectivity index (χ3n) is 4.26. The number of methoxy groups -OCH3 is 1. The highest BCUT2D eigenvalue weighted by Crippen LogP contribution is 2.14. The Bertz CT molecular complexity index is 1080. The monoisotopic (exact) mass is 491 g/mol. The molecule has 2 heterocycles. The molecule has 2 rings (SSSR count). The Morgan fingerprint density at radius 1 is 1.09 bits per heavy atom. The fraction of sp³-hybridized carbons (Fsp3) is 0.562. The van der Waals surface area contributed by atoms with Crippen molar-refractivity contribution in [1.29, 1.82) is 0 Å². The van der Waals surface area contributed by atoms with Crippen LogP contribution in [0.4, 0.5) is 11.6 Å². The highest BCUT2D eigenvalue weighted by Gasteiger charge is 2.19. The number of ether oxygens (including phenoxy) is 1. The number of aliphatic imine (C=N–C) groups is 1. The topological polar surface area (TPSA) is 178 Å². The molecule has 0 amide bonds. The van der Waals surface area contributed by atoms with Crippen molar-refractivity contribution >= 4 is 39.3 Å². The Morgan fingerprint density at radius 2 is 1.56 bits per heavy atom. The number of imidazole rings is 2. The molecule has 0 N–H and O–H groups in total.